The maximum atomic E-state index is 12.1. The molecule has 0 spiro atoms. The van der Waals surface area contributed by atoms with E-state index in [9.17, 15) is 23.2 Å². The number of aromatic hydroxyl groups is 2. The fraction of sp³-hybridized carbons (Fsp3) is 0.0526. The summed E-state index contributed by atoms with van der Waals surface area (Å²) in [4.78, 5) is -0.550. The Balaban J connectivity index is 0.00000341. The third-order valence-corrected chi connectivity index (χ3v) is 6.46. The van der Waals surface area contributed by atoms with E-state index in [2.05, 4.69) is 0 Å². The van der Waals surface area contributed by atoms with Crippen LogP contribution >= 0.6 is 58.0 Å². The molecule has 0 amide bonds. The van der Waals surface area contributed by atoms with E-state index in [1.807, 2.05) is 0 Å². The van der Waals surface area contributed by atoms with Crippen LogP contribution < -0.4 is 0 Å². The van der Waals surface area contributed by atoms with Gasteiger partial charge in [0, 0.05) is 61.7 Å². The van der Waals surface area contributed by atoms with Crippen molar-refractivity contribution in [3.8, 4) is 11.5 Å². The van der Waals surface area contributed by atoms with Gasteiger partial charge in [-0.1, -0.05) is 64.1 Å². The summed E-state index contributed by atoms with van der Waals surface area (Å²) in [5.74, 6) is -2.04. The fourth-order valence-electron chi connectivity index (χ4n) is 3.08. The first-order valence-electron chi connectivity index (χ1n) is 8.03. The zero-order chi connectivity index (χ0) is 22.4. The molecule has 0 aliphatic carbocycles. The second-order valence-electron chi connectivity index (χ2n) is 6.24. The Bertz CT molecular complexity index is 1210. The van der Waals surface area contributed by atoms with Gasteiger partial charge in [-0.05, 0) is 42.0 Å². The molecule has 31 heavy (non-hydrogen) atoms. The van der Waals surface area contributed by atoms with Crippen LogP contribution in [0.4, 0.5) is 0 Å². The average Bonchev–Trinajstić information content (AvgIpc) is 2.63. The van der Waals surface area contributed by atoms with Gasteiger partial charge >= 0.3 is 0 Å². The molecule has 0 unspecified atom stereocenters. The van der Waals surface area contributed by atoms with Crippen LogP contribution in [0, 0.1) is 0 Å². The molecule has 0 aliphatic rings. The summed E-state index contributed by atoms with van der Waals surface area (Å²) in [5.41, 5.74) is 0.0332. The second kappa shape index (κ2) is 10.3. The van der Waals surface area contributed by atoms with Gasteiger partial charge in [0.05, 0.1) is 14.9 Å². The van der Waals surface area contributed by atoms with E-state index in [1.54, 1.807) is 0 Å². The molecule has 0 aromatic heterocycles. The zero-order valence-corrected chi connectivity index (χ0v) is 22.2. The van der Waals surface area contributed by atoms with Crippen molar-refractivity contribution in [2.75, 3.05) is 0 Å². The number of phenolic OH excluding ortho intramolecular Hbond substituents is 2. The molecule has 1 radical (unpaired) electrons. The first-order valence-corrected chi connectivity index (χ1v) is 11.4. The zero-order valence-electron chi connectivity index (χ0n) is 15.6. The number of phenols is 2. The third kappa shape index (κ3) is 5.76. The van der Waals surface area contributed by atoms with Crippen LogP contribution in [0.25, 0.3) is 0 Å². The molecule has 5 nitrogen and oxygen atoms in total. The van der Waals surface area contributed by atoms with Crippen LogP contribution in [-0.2, 0) is 10.1 Å². The Kier molecular flexibility index (Phi) is 8.90. The molecule has 3 aromatic rings. The van der Waals surface area contributed by atoms with Crippen LogP contribution in [0.5, 0.6) is 11.5 Å². The summed E-state index contributed by atoms with van der Waals surface area (Å²) < 4.78 is 33.9. The van der Waals surface area contributed by atoms with Crippen molar-refractivity contribution in [3.05, 3.63) is 84.3 Å². The summed E-state index contributed by atoms with van der Waals surface area (Å²) in [6.07, 6.45) is 0. The molecule has 0 aliphatic heterocycles. The molecule has 0 saturated heterocycles. The molecule has 3 aromatic carbocycles. The van der Waals surface area contributed by atoms with Gasteiger partial charge in [-0.15, -0.1) is 0 Å². The standard InChI is InChI=1S/C19H11Cl5O5S.Na/c20-8-1-2-11(16(7-8)30(27,28)29)17(12-3-9(21)5-14(23)18(12)25)13-4-10(22)6-15(24)19(13)26;/h1-7,17,25-26H,(H,27,28,29);. The summed E-state index contributed by atoms with van der Waals surface area (Å²) in [6, 6.07) is 8.98. The fourth-order valence-corrected chi connectivity index (χ4v) is 5.10. The van der Waals surface area contributed by atoms with Crippen LogP contribution in [0.2, 0.25) is 25.1 Å². The molecule has 0 heterocycles. The minimum atomic E-state index is -4.76. The number of benzene rings is 3. The van der Waals surface area contributed by atoms with Crippen molar-refractivity contribution in [2.45, 2.75) is 10.8 Å². The summed E-state index contributed by atoms with van der Waals surface area (Å²) in [6.45, 7) is 0. The average molecular weight is 552 g/mol. The normalized spacial score (nSPS) is 11.5. The molecule has 159 valence electrons. The smallest absolute Gasteiger partial charge is 0.294 e. The van der Waals surface area contributed by atoms with Crippen molar-refractivity contribution in [1.82, 2.24) is 0 Å². The van der Waals surface area contributed by atoms with Gasteiger partial charge < -0.3 is 10.2 Å². The van der Waals surface area contributed by atoms with Crippen LogP contribution in [-0.4, -0.2) is 52.7 Å². The van der Waals surface area contributed by atoms with Crippen molar-refractivity contribution in [1.29, 1.82) is 0 Å². The van der Waals surface area contributed by atoms with E-state index in [-0.39, 0.29) is 71.4 Å². The Morgan fingerprint density at radius 3 is 1.55 bits per heavy atom. The van der Waals surface area contributed by atoms with Crippen molar-refractivity contribution in [2.24, 2.45) is 0 Å². The Labute approximate surface area is 225 Å². The Morgan fingerprint density at radius 1 is 0.677 bits per heavy atom. The molecule has 3 N–H and O–H groups in total. The van der Waals surface area contributed by atoms with Gasteiger partial charge in [-0.2, -0.15) is 8.42 Å². The first kappa shape index (κ1) is 26.9. The molecular weight excluding hydrogens is 541 g/mol. The summed E-state index contributed by atoms with van der Waals surface area (Å²) in [5, 5.41) is 21.3. The third-order valence-electron chi connectivity index (χ3n) is 4.30. The number of hydrogen-bond donors (Lipinski definition) is 3. The largest absolute Gasteiger partial charge is 0.506 e. The van der Waals surface area contributed by atoms with E-state index in [4.69, 9.17) is 58.0 Å². The van der Waals surface area contributed by atoms with Gasteiger partial charge in [-0.25, -0.2) is 0 Å². The molecule has 0 saturated carbocycles. The van der Waals surface area contributed by atoms with Gasteiger partial charge in [0.25, 0.3) is 10.1 Å². The van der Waals surface area contributed by atoms with Gasteiger partial charge in [0.15, 0.2) is 0 Å². The van der Waals surface area contributed by atoms with E-state index in [1.165, 1.54) is 36.4 Å². The Morgan fingerprint density at radius 2 is 1.13 bits per heavy atom. The number of halogens is 5. The van der Waals surface area contributed by atoms with Gasteiger partial charge in [-0.3, -0.25) is 4.55 Å². The maximum absolute atomic E-state index is 12.1. The van der Waals surface area contributed by atoms with Crippen LogP contribution in [0.3, 0.4) is 0 Å². The van der Waals surface area contributed by atoms with E-state index in [0.717, 1.165) is 6.07 Å². The molecule has 12 heteroatoms. The van der Waals surface area contributed by atoms with E-state index >= 15 is 0 Å². The quantitative estimate of drug-likeness (QED) is 0.198. The van der Waals surface area contributed by atoms with Crippen LogP contribution in [0.15, 0.2) is 47.4 Å². The molecule has 0 bridgehead atoms. The SMILES string of the molecule is O=S(=O)(O)c1cc(Cl)ccc1C(c1cc(Cl)cc(Cl)c1O)c1cc(Cl)cc(Cl)c1O.[Na]. The van der Waals surface area contributed by atoms with Crippen molar-refractivity contribution >= 4 is 97.7 Å². The molecular formula is C19H11Cl5NaO5S. The van der Waals surface area contributed by atoms with E-state index < -0.39 is 32.4 Å². The molecule has 3 rings (SSSR count). The first-order chi connectivity index (χ1) is 13.9. The number of hydrogen-bond acceptors (Lipinski definition) is 4. The van der Waals surface area contributed by atoms with Crippen molar-refractivity contribution in [3.63, 3.8) is 0 Å². The van der Waals surface area contributed by atoms with Crippen LogP contribution in [0.1, 0.15) is 22.6 Å². The second-order valence-corrected chi connectivity index (χ2v) is 9.75. The summed E-state index contributed by atoms with van der Waals surface area (Å²) >= 11 is 30.2. The minimum absolute atomic E-state index is 0. The summed E-state index contributed by atoms with van der Waals surface area (Å²) in [7, 11) is -4.76. The van der Waals surface area contributed by atoms with Gasteiger partial charge in [0.1, 0.15) is 11.5 Å². The minimum Gasteiger partial charge on any atom is -0.506 e. The molecule has 0 fully saturated rings. The predicted molar refractivity (Wildman–Crippen MR) is 124 cm³/mol. The maximum Gasteiger partial charge on any atom is 0.294 e. The topological polar surface area (TPSA) is 94.8 Å². The Hall–Kier alpha value is -0.380. The van der Waals surface area contributed by atoms with E-state index in [0.29, 0.717) is 0 Å². The molecule has 0 atom stereocenters. The van der Waals surface area contributed by atoms with Crippen molar-refractivity contribution < 1.29 is 23.2 Å². The number of rotatable bonds is 4. The monoisotopic (exact) mass is 549 g/mol. The predicted octanol–water partition coefficient (Wildman–Crippen LogP) is 6.41. The van der Waals surface area contributed by atoms with Gasteiger partial charge in [0.2, 0.25) is 0 Å².